The number of nitrogens with one attached hydrogen (secondary N) is 1. The second-order valence-electron chi connectivity index (χ2n) is 4.51. The number of aryl methyl sites for hydroxylation is 1. The predicted molar refractivity (Wildman–Crippen MR) is 82.3 cm³/mol. The van der Waals surface area contributed by atoms with E-state index in [-0.39, 0.29) is 5.91 Å². The lowest BCUT2D eigenvalue weighted by Gasteiger charge is -2.04. The summed E-state index contributed by atoms with van der Waals surface area (Å²) < 4.78 is 0. The number of carbonyl (C=O) groups excluding carboxylic acids is 1. The van der Waals surface area contributed by atoms with Crippen molar-refractivity contribution in [3.63, 3.8) is 0 Å². The van der Waals surface area contributed by atoms with Crippen LogP contribution in [0.3, 0.4) is 0 Å². The molecule has 0 aliphatic heterocycles. The third-order valence-corrected chi connectivity index (χ3v) is 3.12. The number of nitrogens with zero attached hydrogens (tertiary/aromatic N) is 1. The second-order valence-corrected chi connectivity index (χ2v) is 4.95. The average Bonchev–Trinajstić information content (AvgIpc) is 2.45. The van der Waals surface area contributed by atoms with E-state index in [4.69, 9.17) is 11.6 Å². The maximum absolute atomic E-state index is 11.9. The fourth-order valence-electron chi connectivity index (χ4n) is 1.74. The van der Waals surface area contributed by atoms with E-state index in [1.807, 2.05) is 44.2 Å². The van der Waals surface area contributed by atoms with Gasteiger partial charge >= 0.3 is 0 Å². The molecule has 0 saturated carbocycles. The van der Waals surface area contributed by atoms with E-state index in [1.165, 1.54) is 0 Å². The molecule has 0 bridgehead atoms. The molecule has 3 nitrogen and oxygen atoms in total. The van der Waals surface area contributed by atoms with E-state index in [2.05, 4.69) is 10.5 Å². The fourth-order valence-corrected chi connectivity index (χ4v) is 1.87. The lowest BCUT2D eigenvalue weighted by molar-refractivity contribution is 0.0954. The monoisotopic (exact) mass is 286 g/mol. The summed E-state index contributed by atoms with van der Waals surface area (Å²) in [7, 11) is 0. The predicted octanol–water partition coefficient (Wildman–Crippen LogP) is 3.80. The molecule has 2 aromatic rings. The van der Waals surface area contributed by atoms with Crippen LogP contribution in [-0.2, 0) is 0 Å². The van der Waals surface area contributed by atoms with Crippen LogP contribution in [0.5, 0.6) is 0 Å². The van der Waals surface area contributed by atoms with Crippen LogP contribution >= 0.6 is 11.6 Å². The molecule has 0 aliphatic carbocycles. The van der Waals surface area contributed by atoms with E-state index in [0.717, 1.165) is 16.8 Å². The number of halogens is 1. The van der Waals surface area contributed by atoms with Crippen molar-refractivity contribution < 1.29 is 4.79 Å². The third-order valence-electron chi connectivity index (χ3n) is 2.87. The third kappa shape index (κ3) is 3.68. The quantitative estimate of drug-likeness (QED) is 0.677. The molecule has 0 spiro atoms. The minimum Gasteiger partial charge on any atom is -0.267 e. The van der Waals surface area contributed by atoms with Gasteiger partial charge < -0.3 is 0 Å². The molecule has 0 fully saturated rings. The molecule has 0 aromatic heterocycles. The number of rotatable bonds is 3. The SMILES string of the molecule is C/C(=N\NC(=O)c1cccc(C)c1)c1ccc(Cl)cc1. The Balaban J connectivity index is 2.08. The Hall–Kier alpha value is -2.13. The van der Waals surface area contributed by atoms with Crippen molar-refractivity contribution in [2.24, 2.45) is 5.10 Å². The van der Waals surface area contributed by atoms with Crippen LogP contribution in [0.4, 0.5) is 0 Å². The van der Waals surface area contributed by atoms with Crippen LogP contribution in [0, 0.1) is 6.92 Å². The Kier molecular flexibility index (Phi) is 4.53. The molecular formula is C16H15ClN2O. The van der Waals surface area contributed by atoms with Gasteiger partial charge in [0, 0.05) is 10.6 Å². The summed E-state index contributed by atoms with van der Waals surface area (Å²) in [5, 5.41) is 4.78. The van der Waals surface area contributed by atoms with Gasteiger partial charge in [0.15, 0.2) is 0 Å². The lowest BCUT2D eigenvalue weighted by Crippen LogP contribution is -2.19. The van der Waals surface area contributed by atoms with Gasteiger partial charge in [0.05, 0.1) is 5.71 Å². The Morgan fingerprint density at radius 3 is 2.45 bits per heavy atom. The topological polar surface area (TPSA) is 41.5 Å². The molecule has 2 aromatic carbocycles. The van der Waals surface area contributed by atoms with E-state index < -0.39 is 0 Å². The zero-order valence-electron chi connectivity index (χ0n) is 11.4. The van der Waals surface area contributed by atoms with Crippen LogP contribution in [0.25, 0.3) is 0 Å². The maximum atomic E-state index is 11.9. The average molecular weight is 287 g/mol. The molecule has 0 radical (unpaired) electrons. The van der Waals surface area contributed by atoms with Gasteiger partial charge in [0.1, 0.15) is 0 Å². The highest BCUT2D eigenvalue weighted by Crippen LogP contribution is 2.10. The highest BCUT2D eigenvalue weighted by molar-refractivity contribution is 6.30. The number of carbonyl (C=O) groups is 1. The summed E-state index contributed by atoms with van der Waals surface area (Å²) in [6.45, 7) is 3.78. The first kappa shape index (κ1) is 14.3. The number of amides is 1. The summed E-state index contributed by atoms with van der Waals surface area (Å²) in [4.78, 5) is 11.9. The smallest absolute Gasteiger partial charge is 0.267 e. The van der Waals surface area contributed by atoms with Crippen LogP contribution in [-0.4, -0.2) is 11.6 Å². The van der Waals surface area contributed by atoms with Crippen LogP contribution in [0.2, 0.25) is 5.02 Å². The Bertz CT molecular complexity index is 648. The van der Waals surface area contributed by atoms with Crippen molar-refractivity contribution >= 4 is 23.2 Å². The van der Waals surface area contributed by atoms with Crippen LogP contribution < -0.4 is 5.43 Å². The Morgan fingerprint density at radius 2 is 1.80 bits per heavy atom. The normalized spacial score (nSPS) is 11.2. The maximum Gasteiger partial charge on any atom is 0.271 e. The van der Waals surface area contributed by atoms with E-state index >= 15 is 0 Å². The lowest BCUT2D eigenvalue weighted by atomic mass is 10.1. The number of benzene rings is 2. The molecular weight excluding hydrogens is 272 g/mol. The van der Waals surface area contributed by atoms with Crippen LogP contribution in [0.15, 0.2) is 53.6 Å². The Morgan fingerprint density at radius 1 is 1.10 bits per heavy atom. The van der Waals surface area contributed by atoms with E-state index in [1.54, 1.807) is 18.2 Å². The molecule has 0 heterocycles. The van der Waals surface area contributed by atoms with Crippen molar-refractivity contribution in [2.45, 2.75) is 13.8 Å². The molecule has 1 N–H and O–H groups in total. The Labute approximate surface area is 123 Å². The van der Waals surface area contributed by atoms with Crippen molar-refractivity contribution in [3.8, 4) is 0 Å². The number of hydrogen-bond acceptors (Lipinski definition) is 2. The molecule has 0 aliphatic rings. The first-order valence-electron chi connectivity index (χ1n) is 6.23. The summed E-state index contributed by atoms with van der Waals surface area (Å²) in [6.07, 6.45) is 0. The van der Waals surface area contributed by atoms with E-state index in [9.17, 15) is 4.79 Å². The fraction of sp³-hybridized carbons (Fsp3) is 0.125. The van der Waals surface area contributed by atoms with Gasteiger partial charge in [-0.3, -0.25) is 4.79 Å². The van der Waals surface area contributed by atoms with Gasteiger partial charge in [-0.15, -0.1) is 0 Å². The van der Waals surface area contributed by atoms with Crippen molar-refractivity contribution in [1.82, 2.24) is 5.43 Å². The summed E-state index contributed by atoms with van der Waals surface area (Å²) in [5.41, 5.74) is 5.83. The highest BCUT2D eigenvalue weighted by Gasteiger charge is 2.04. The van der Waals surface area contributed by atoms with Crippen LogP contribution in [0.1, 0.15) is 28.4 Å². The van der Waals surface area contributed by atoms with Gasteiger partial charge in [-0.2, -0.15) is 5.10 Å². The number of hydrazone groups is 1. The van der Waals surface area contributed by atoms with Gasteiger partial charge in [0.2, 0.25) is 0 Å². The minimum atomic E-state index is -0.220. The molecule has 102 valence electrons. The zero-order chi connectivity index (χ0) is 14.5. The molecule has 0 atom stereocenters. The van der Waals surface area contributed by atoms with Crippen molar-refractivity contribution in [3.05, 3.63) is 70.2 Å². The van der Waals surface area contributed by atoms with Crippen molar-refractivity contribution in [1.29, 1.82) is 0 Å². The van der Waals surface area contributed by atoms with Crippen molar-refractivity contribution in [2.75, 3.05) is 0 Å². The number of hydrogen-bond donors (Lipinski definition) is 1. The summed E-state index contributed by atoms with van der Waals surface area (Å²) in [5.74, 6) is -0.220. The molecule has 0 unspecified atom stereocenters. The van der Waals surface area contributed by atoms with Gasteiger partial charge in [0.25, 0.3) is 5.91 Å². The van der Waals surface area contributed by atoms with Gasteiger partial charge in [-0.25, -0.2) is 5.43 Å². The zero-order valence-corrected chi connectivity index (χ0v) is 12.1. The highest BCUT2D eigenvalue weighted by atomic mass is 35.5. The first-order valence-corrected chi connectivity index (χ1v) is 6.61. The molecule has 1 amide bonds. The minimum absolute atomic E-state index is 0.220. The summed E-state index contributed by atoms with van der Waals surface area (Å²) >= 11 is 5.83. The van der Waals surface area contributed by atoms with E-state index in [0.29, 0.717) is 10.6 Å². The largest absolute Gasteiger partial charge is 0.271 e. The van der Waals surface area contributed by atoms with Gasteiger partial charge in [-0.05, 0) is 43.7 Å². The summed E-state index contributed by atoms with van der Waals surface area (Å²) in [6, 6.07) is 14.7. The van der Waals surface area contributed by atoms with Gasteiger partial charge in [-0.1, -0.05) is 41.4 Å². The second kappa shape index (κ2) is 6.35. The first-order chi connectivity index (χ1) is 9.56. The molecule has 4 heteroatoms. The molecule has 20 heavy (non-hydrogen) atoms. The molecule has 0 saturated heterocycles. The standard InChI is InChI=1S/C16H15ClN2O/c1-11-4-3-5-14(10-11)16(20)19-18-12(2)13-6-8-15(17)9-7-13/h3-10H,1-2H3,(H,19,20)/b18-12+. The molecule has 2 rings (SSSR count).